The minimum Gasteiger partial charge on any atom is -0.351 e. The number of nitrogens with zero attached hydrogens (tertiary/aromatic N) is 3. The van der Waals surface area contributed by atoms with E-state index in [1.54, 1.807) is 10.9 Å². The standard InChI is InChI=1S/C10H16N4O/c1-2-11-10(15)9-7-14(13-12-9)6-8-4-3-5-8/h7-8H,2-6H2,1H3,(H,11,15). The number of carbonyl (C=O) groups excluding carboxylic acids is 1. The van der Waals surface area contributed by atoms with Gasteiger partial charge in [-0.3, -0.25) is 9.48 Å². The van der Waals surface area contributed by atoms with E-state index in [2.05, 4.69) is 15.6 Å². The van der Waals surface area contributed by atoms with Gasteiger partial charge in [-0.15, -0.1) is 5.10 Å². The van der Waals surface area contributed by atoms with Crippen LogP contribution in [0.4, 0.5) is 0 Å². The highest BCUT2D eigenvalue weighted by molar-refractivity contribution is 5.91. The molecule has 0 radical (unpaired) electrons. The van der Waals surface area contributed by atoms with Crippen LogP contribution >= 0.6 is 0 Å². The van der Waals surface area contributed by atoms with Gasteiger partial charge in [-0.2, -0.15) is 0 Å². The lowest BCUT2D eigenvalue weighted by molar-refractivity contribution is 0.0950. The lowest BCUT2D eigenvalue weighted by atomic mass is 9.85. The van der Waals surface area contributed by atoms with Gasteiger partial charge in [0.25, 0.3) is 5.91 Å². The Bertz CT molecular complexity index is 343. The van der Waals surface area contributed by atoms with Crippen molar-refractivity contribution in [3.63, 3.8) is 0 Å². The molecule has 1 aliphatic rings. The molecule has 0 aliphatic heterocycles. The molecule has 1 amide bonds. The molecule has 1 heterocycles. The van der Waals surface area contributed by atoms with Gasteiger partial charge < -0.3 is 5.32 Å². The van der Waals surface area contributed by atoms with E-state index in [1.807, 2.05) is 6.92 Å². The molecule has 0 unspecified atom stereocenters. The highest BCUT2D eigenvalue weighted by Crippen LogP contribution is 2.27. The van der Waals surface area contributed by atoms with Gasteiger partial charge in [-0.1, -0.05) is 11.6 Å². The predicted octanol–water partition coefficient (Wildman–Crippen LogP) is 0.828. The molecule has 0 bridgehead atoms. The Kier molecular flexibility index (Phi) is 2.99. The number of carbonyl (C=O) groups is 1. The Morgan fingerprint density at radius 1 is 1.67 bits per heavy atom. The van der Waals surface area contributed by atoms with Crippen LogP contribution in [-0.2, 0) is 6.54 Å². The summed E-state index contributed by atoms with van der Waals surface area (Å²) in [7, 11) is 0. The molecule has 0 atom stereocenters. The lowest BCUT2D eigenvalue weighted by Gasteiger charge is -2.24. The molecule has 1 aliphatic carbocycles. The minimum absolute atomic E-state index is 0.141. The van der Waals surface area contributed by atoms with Gasteiger partial charge >= 0.3 is 0 Å². The summed E-state index contributed by atoms with van der Waals surface area (Å²) in [5.41, 5.74) is 0.413. The molecule has 15 heavy (non-hydrogen) atoms. The van der Waals surface area contributed by atoms with E-state index in [1.165, 1.54) is 19.3 Å². The number of hydrogen-bond donors (Lipinski definition) is 1. The van der Waals surface area contributed by atoms with Crippen LogP contribution in [0.1, 0.15) is 36.7 Å². The Morgan fingerprint density at radius 2 is 2.47 bits per heavy atom. The Labute approximate surface area is 88.9 Å². The second kappa shape index (κ2) is 4.42. The maximum Gasteiger partial charge on any atom is 0.273 e. The van der Waals surface area contributed by atoms with Crippen LogP contribution < -0.4 is 5.32 Å². The van der Waals surface area contributed by atoms with E-state index < -0.39 is 0 Å². The lowest BCUT2D eigenvalue weighted by Crippen LogP contribution is -2.23. The van der Waals surface area contributed by atoms with Crippen LogP contribution in [0, 0.1) is 5.92 Å². The van der Waals surface area contributed by atoms with E-state index in [-0.39, 0.29) is 5.91 Å². The van der Waals surface area contributed by atoms with Gasteiger partial charge in [0.1, 0.15) is 0 Å². The normalized spacial score (nSPS) is 16.1. The molecule has 1 aromatic heterocycles. The summed E-state index contributed by atoms with van der Waals surface area (Å²) in [4.78, 5) is 11.4. The van der Waals surface area contributed by atoms with E-state index >= 15 is 0 Å². The first kappa shape index (κ1) is 10.1. The van der Waals surface area contributed by atoms with E-state index in [9.17, 15) is 4.79 Å². The summed E-state index contributed by atoms with van der Waals surface area (Å²) in [5.74, 6) is 0.589. The maximum atomic E-state index is 11.4. The molecule has 0 spiro atoms. The van der Waals surface area contributed by atoms with Crippen LogP contribution in [-0.4, -0.2) is 27.4 Å². The quantitative estimate of drug-likeness (QED) is 0.797. The van der Waals surface area contributed by atoms with Gasteiger partial charge in [0.2, 0.25) is 0 Å². The first-order chi connectivity index (χ1) is 7.29. The summed E-state index contributed by atoms with van der Waals surface area (Å²) < 4.78 is 1.77. The van der Waals surface area contributed by atoms with Crippen LogP contribution in [0.2, 0.25) is 0 Å². The topological polar surface area (TPSA) is 59.8 Å². The molecule has 0 saturated heterocycles. The highest BCUT2D eigenvalue weighted by Gasteiger charge is 2.19. The van der Waals surface area contributed by atoms with E-state index in [4.69, 9.17) is 0 Å². The first-order valence-corrected chi connectivity index (χ1v) is 5.48. The maximum absolute atomic E-state index is 11.4. The van der Waals surface area contributed by atoms with E-state index in [0.29, 0.717) is 12.2 Å². The molecular formula is C10H16N4O. The van der Waals surface area contributed by atoms with Crippen molar-refractivity contribution in [3.05, 3.63) is 11.9 Å². The van der Waals surface area contributed by atoms with Crippen molar-refractivity contribution >= 4 is 5.91 Å². The number of aromatic nitrogens is 3. The zero-order chi connectivity index (χ0) is 10.7. The number of amides is 1. The van der Waals surface area contributed by atoms with Crippen molar-refractivity contribution in [1.29, 1.82) is 0 Å². The average Bonchev–Trinajstić information content (AvgIpc) is 2.60. The zero-order valence-electron chi connectivity index (χ0n) is 8.94. The summed E-state index contributed by atoms with van der Waals surface area (Å²) in [6.45, 7) is 3.40. The van der Waals surface area contributed by atoms with Gasteiger partial charge in [-0.25, -0.2) is 0 Å². The second-order valence-electron chi connectivity index (χ2n) is 3.98. The smallest absolute Gasteiger partial charge is 0.273 e. The second-order valence-corrected chi connectivity index (χ2v) is 3.98. The predicted molar refractivity (Wildman–Crippen MR) is 55.4 cm³/mol. The molecule has 2 rings (SSSR count). The van der Waals surface area contributed by atoms with Gasteiger partial charge in [0, 0.05) is 13.1 Å². The van der Waals surface area contributed by atoms with Gasteiger partial charge in [0.15, 0.2) is 5.69 Å². The molecule has 82 valence electrons. The monoisotopic (exact) mass is 208 g/mol. The van der Waals surface area contributed by atoms with Crippen molar-refractivity contribution in [2.24, 2.45) is 5.92 Å². The van der Waals surface area contributed by atoms with Gasteiger partial charge in [0.05, 0.1) is 6.20 Å². The largest absolute Gasteiger partial charge is 0.351 e. The highest BCUT2D eigenvalue weighted by atomic mass is 16.1. The number of nitrogens with one attached hydrogen (secondary N) is 1. The van der Waals surface area contributed by atoms with Crippen molar-refractivity contribution in [2.45, 2.75) is 32.7 Å². The molecule has 5 nitrogen and oxygen atoms in total. The van der Waals surface area contributed by atoms with Crippen molar-refractivity contribution in [2.75, 3.05) is 6.54 Å². The summed E-state index contributed by atoms with van der Waals surface area (Å²) >= 11 is 0. The minimum atomic E-state index is -0.141. The van der Waals surface area contributed by atoms with E-state index in [0.717, 1.165) is 12.5 Å². The third kappa shape index (κ3) is 2.34. The molecule has 1 aromatic rings. The van der Waals surface area contributed by atoms with Crippen molar-refractivity contribution < 1.29 is 4.79 Å². The summed E-state index contributed by atoms with van der Waals surface area (Å²) in [6.07, 6.45) is 5.60. The zero-order valence-corrected chi connectivity index (χ0v) is 8.94. The fourth-order valence-electron chi connectivity index (χ4n) is 1.68. The molecule has 1 fully saturated rings. The molecule has 1 N–H and O–H groups in total. The van der Waals surface area contributed by atoms with Crippen LogP contribution in [0.25, 0.3) is 0 Å². The van der Waals surface area contributed by atoms with Crippen LogP contribution in [0.15, 0.2) is 6.20 Å². The molecule has 0 aromatic carbocycles. The van der Waals surface area contributed by atoms with Crippen molar-refractivity contribution in [1.82, 2.24) is 20.3 Å². The van der Waals surface area contributed by atoms with Crippen LogP contribution in [0.5, 0.6) is 0 Å². The fourth-order valence-corrected chi connectivity index (χ4v) is 1.68. The fraction of sp³-hybridized carbons (Fsp3) is 0.700. The third-order valence-electron chi connectivity index (χ3n) is 2.78. The number of rotatable bonds is 4. The third-order valence-corrected chi connectivity index (χ3v) is 2.78. The van der Waals surface area contributed by atoms with Crippen LogP contribution in [0.3, 0.4) is 0 Å². The SMILES string of the molecule is CCNC(=O)c1cn(CC2CCC2)nn1. The summed E-state index contributed by atoms with van der Waals surface area (Å²) in [5, 5.41) is 10.5. The number of hydrogen-bond acceptors (Lipinski definition) is 3. The van der Waals surface area contributed by atoms with Gasteiger partial charge in [-0.05, 0) is 25.7 Å². The molecule has 1 saturated carbocycles. The Morgan fingerprint density at radius 3 is 3.07 bits per heavy atom. The Balaban J connectivity index is 1.93. The average molecular weight is 208 g/mol. The molecule has 5 heteroatoms. The summed E-state index contributed by atoms with van der Waals surface area (Å²) in [6, 6.07) is 0. The first-order valence-electron chi connectivity index (χ1n) is 5.48. The Hall–Kier alpha value is -1.39. The molecular weight excluding hydrogens is 192 g/mol. The van der Waals surface area contributed by atoms with Crippen molar-refractivity contribution in [3.8, 4) is 0 Å².